The molecule has 3 nitrogen and oxygen atoms in total. The highest BCUT2D eigenvalue weighted by molar-refractivity contribution is 7.17. The summed E-state index contributed by atoms with van der Waals surface area (Å²) in [4.78, 5) is 2.38. The number of piperazine rings is 1. The summed E-state index contributed by atoms with van der Waals surface area (Å²) in [5, 5.41) is 6.71. The van der Waals surface area contributed by atoms with Crippen molar-refractivity contribution in [3.8, 4) is 5.75 Å². The number of benzene rings is 2. The highest BCUT2D eigenvalue weighted by Crippen LogP contribution is 2.38. The molecule has 2 heterocycles. The molecule has 1 aliphatic heterocycles. The Kier molecular flexibility index (Phi) is 5.08. The lowest BCUT2D eigenvalue weighted by atomic mass is 9.96. The van der Waals surface area contributed by atoms with Crippen LogP contribution in [-0.4, -0.2) is 37.4 Å². The van der Waals surface area contributed by atoms with Crippen LogP contribution in [-0.2, 0) is 0 Å². The summed E-state index contributed by atoms with van der Waals surface area (Å²) in [6.07, 6.45) is -4.68. The summed E-state index contributed by atoms with van der Waals surface area (Å²) < 4.78 is 42.6. The van der Waals surface area contributed by atoms with Crippen molar-refractivity contribution in [1.29, 1.82) is 0 Å². The molecule has 142 valence electrons. The van der Waals surface area contributed by atoms with E-state index in [2.05, 4.69) is 32.5 Å². The number of halogens is 3. The van der Waals surface area contributed by atoms with Crippen LogP contribution in [0, 0.1) is 0 Å². The third kappa shape index (κ3) is 4.10. The third-order valence-corrected chi connectivity index (χ3v) is 5.73. The van der Waals surface area contributed by atoms with E-state index >= 15 is 0 Å². The first-order chi connectivity index (χ1) is 13.0. The summed E-state index contributed by atoms with van der Waals surface area (Å²) in [6.45, 7) is 3.56. The van der Waals surface area contributed by atoms with Crippen molar-refractivity contribution >= 4 is 21.4 Å². The lowest BCUT2D eigenvalue weighted by Gasteiger charge is -2.35. The van der Waals surface area contributed by atoms with E-state index in [0.717, 1.165) is 31.7 Å². The Bertz CT molecular complexity index is 901. The van der Waals surface area contributed by atoms with Gasteiger partial charge in [-0.1, -0.05) is 30.3 Å². The Morgan fingerprint density at radius 2 is 1.70 bits per heavy atom. The molecule has 0 amide bonds. The Morgan fingerprint density at radius 3 is 2.41 bits per heavy atom. The van der Waals surface area contributed by atoms with E-state index in [0.29, 0.717) is 0 Å². The number of ether oxygens (including phenoxy) is 1. The first-order valence-electron chi connectivity index (χ1n) is 8.78. The van der Waals surface area contributed by atoms with Crippen molar-refractivity contribution < 1.29 is 17.9 Å². The molecule has 0 radical (unpaired) electrons. The predicted molar refractivity (Wildman–Crippen MR) is 101 cm³/mol. The molecule has 1 N–H and O–H groups in total. The van der Waals surface area contributed by atoms with Gasteiger partial charge in [-0.25, -0.2) is 0 Å². The summed E-state index contributed by atoms with van der Waals surface area (Å²) in [5.41, 5.74) is 2.16. The van der Waals surface area contributed by atoms with Crippen LogP contribution in [0.15, 0.2) is 53.9 Å². The van der Waals surface area contributed by atoms with Crippen molar-refractivity contribution in [3.63, 3.8) is 0 Å². The average molecular weight is 392 g/mol. The van der Waals surface area contributed by atoms with Gasteiger partial charge in [-0.05, 0) is 40.1 Å². The third-order valence-electron chi connectivity index (χ3n) is 4.75. The van der Waals surface area contributed by atoms with E-state index in [9.17, 15) is 13.2 Å². The van der Waals surface area contributed by atoms with E-state index in [-0.39, 0.29) is 11.8 Å². The van der Waals surface area contributed by atoms with Gasteiger partial charge in [-0.3, -0.25) is 4.90 Å². The molecule has 0 spiro atoms. The maximum absolute atomic E-state index is 12.5. The molecular weight excluding hydrogens is 373 g/mol. The van der Waals surface area contributed by atoms with Crippen LogP contribution in [0.3, 0.4) is 0 Å². The second-order valence-corrected chi connectivity index (χ2v) is 7.40. The first-order valence-corrected chi connectivity index (χ1v) is 9.66. The summed E-state index contributed by atoms with van der Waals surface area (Å²) in [5.74, 6) is -0.194. The number of thiophene rings is 1. The standard InChI is InChI=1S/C20H19F3N2OS/c21-20(22,23)26-15-7-5-14(6-8-15)19(25-11-9-24-10-12-25)17-13-27-18-4-2-1-3-16(17)18/h1-8,13,19,24H,9-12H2/t19-/m1/s1. The van der Waals surface area contributed by atoms with Crippen molar-refractivity contribution in [2.24, 2.45) is 0 Å². The van der Waals surface area contributed by atoms with E-state index in [1.54, 1.807) is 23.5 Å². The second kappa shape index (κ2) is 7.50. The number of hydrogen-bond donors (Lipinski definition) is 1. The quantitative estimate of drug-likeness (QED) is 0.691. The van der Waals surface area contributed by atoms with Gasteiger partial charge < -0.3 is 10.1 Å². The van der Waals surface area contributed by atoms with Gasteiger partial charge in [0, 0.05) is 30.9 Å². The maximum Gasteiger partial charge on any atom is 0.573 e. The molecule has 0 unspecified atom stereocenters. The summed E-state index contributed by atoms with van der Waals surface area (Å²) >= 11 is 1.70. The lowest BCUT2D eigenvalue weighted by Crippen LogP contribution is -2.45. The number of fused-ring (bicyclic) bond motifs is 1. The van der Waals surface area contributed by atoms with Gasteiger partial charge in [-0.15, -0.1) is 24.5 Å². The molecule has 0 bridgehead atoms. The van der Waals surface area contributed by atoms with Crippen LogP contribution in [0.2, 0.25) is 0 Å². The zero-order chi connectivity index (χ0) is 18.9. The van der Waals surface area contributed by atoms with Crippen molar-refractivity contribution in [2.75, 3.05) is 26.2 Å². The molecule has 7 heteroatoms. The second-order valence-electron chi connectivity index (χ2n) is 6.49. The molecule has 1 atom stereocenters. The molecule has 1 aliphatic rings. The van der Waals surface area contributed by atoms with Gasteiger partial charge in [0.1, 0.15) is 5.75 Å². The van der Waals surface area contributed by atoms with Crippen LogP contribution in [0.5, 0.6) is 5.75 Å². The minimum absolute atomic E-state index is 0.00295. The minimum atomic E-state index is -4.68. The molecule has 3 aromatic rings. The monoisotopic (exact) mass is 392 g/mol. The zero-order valence-electron chi connectivity index (χ0n) is 14.5. The molecule has 27 heavy (non-hydrogen) atoms. The van der Waals surface area contributed by atoms with Crippen LogP contribution >= 0.6 is 11.3 Å². The predicted octanol–water partition coefficient (Wildman–Crippen LogP) is 4.79. The van der Waals surface area contributed by atoms with Crippen LogP contribution < -0.4 is 10.1 Å². The molecule has 1 fully saturated rings. The van der Waals surface area contributed by atoms with E-state index in [4.69, 9.17) is 0 Å². The molecule has 1 saturated heterocycles. The highest BCUT2D eigenvalue weighted by Gasteiger charge is 2.31. The minimum Gasteiger partial charge on any atom is -0.406 e. The smallest absolute Gasteiger partial charge is 0.406 e. The van der Waals surface area contributed by atoms with E-state index in [1.165, 1.54) is 27.8 Å². The Labute approximate surface area is 159 Å². The van der Waals surface area contributed by atoms with E-state index < -0.39 is 6.36 Å². The topological polar surface area (TPSA) is 24.5 Å². The fourth-order valence-electron chi connectivity index (χ4n) is 3.59. The Balaban J connectivity index is 1.72. The van der Waals surface area contributed by atoms with Gasteiger partial charge in [-0.2, -0.15) is 0 Å². The number of hydrogen-bond acceptors (Lipinski definition) is 4. The SMILES string of the molecule is FC(F)(F)Oc1ccc([C@H](c2csc3ccccc23)N2CCNCC2)cc1. The van der Waals surface area contributed by atoms with Crippen LogP contribution in [0.25, 0.3) is 10.1 Å². The lowest BCUT2D eigenvalue weighted by molar-refractivity contribution is -0.274. The van der Waals surface area contributed by atoms with Gasteiger partial charge in [0.05, 0.1) is 6.04 Å². The van der Waals surface area contributed by atoms with Crippen LogP contribution in [0.1, 0.15) is 17.2 Å². The number of nitrogens with one attached hydrogen (secondary N) is 1. The average Bonchev–Trinajstić information content (AvgIpc) is 3.07. The Hall–Kier alpha value is -2.09. The largest absolute Gasteiger partial charge is 0.573 e. The fourth-order valence-corrected chi connectivity index (χ4v) is 4.57. The molecule has 0 saturated carbocycles. The summed E-state index contributed by atoms with van der Waals surface area (Å²) in [7, 11) is 0. The van der Waals surface area contributed by atoms with Crippen molar-refractivity contribution in [1.82, 2.24) is 10.2 Å². The van der Waals surface area contributed by atoms with Gasteiger partial charge >= 0.3 is 6.36 Å². The highest BCUT2D eigenvalue weighted by atomic mass is 32.1. The maximum atomic E-state index is 12.5. The van der Waals surface area contributed by atoms with E-state index in [1.807, 2.05) is 12.1 Å². The van der Waals surface area contributed by atoms with Gasteiger partial charge in [0.15, 0.2) is 0 Å². The molecule has 1 aromatic heterocycles. The summed E-state index contributed by atoms with van der Waals surface area (Å²) in [6, 6.07) is 14.5. The molecular formula is C20H19F3N2OS. The molecule has 4 rings (SSSR count). The zero-order valence-corrected chi connectivity index (χ0v) is 15.3. The van der Waals surface area contributed by atoms with Crippen molar-refractivity contribution in [3.05, 3.63) is 65.0 Å². The van der Waals surface area contributed by atoms with Crippen molar-refractivity contribution in [2.45, 2.75) is 12.4 Å². The Morgan fingerprint density at radius 1 is 1.00 bits per heavy atom. The van der Waals surface area contributed by atoms with Crippen LogP contribution in [0.4, 0.5) is 13.2 Å². The van der Waals surface area contributed by atoms with Gasteiger partial charge in [0.25, 0.3) is 0 Å². The first kappa shape index (κ1) is 18.3. The normalized spacial score (nSPS) is 17.1. The number of rotatable bonds is 4. The fraction of sp³-hybridized carbons (Fsp3) is 0.300. The van der Waals surface area contributed by atoms with Gasteiger partial charge in [0.2, 0.25) is 0 Å². The number of nitrogens with zero attached hydrogens (tertiary/aromatic N) is 1. The number of alkyl halides is 3. The molecule has 0 aliphatic carbocycles. The molecule has 2 aromatic carbocycles.